The number of nitro groups is 1. The third-order valence-corrected chi connectivity index (χ3v) is 4.10. The van der Waals surface area contributed by atoms with E-state index < -0.39 is 10.9 Å². The molecule has 1 amide bonds. The van der Waals surface area contributed by atoms with Gasteiger partial charge in [0.25, 0.3) is 5.91 Å². The molecule has 0 radical (unpaired) electrons. The average Bonchev–Trinajstić information content (AvgIpc) is 2.74. The minimum absolute atomic E-state index is 0.147. The molecule has 0 heterocycles. The molecule has 0 saturated heterocycles. The van der Waals surface area contributed by atoms with Crippen LogP contribution >= 0.6 is 0 Å². The van der Waals surface area contributed by atoms with Gasteiger partial charge in [-0.05, 0) is 42.0 Å². The first-order valence-electron chi connectivity index (χ1n) is 9.05. The molecule has 0 bridgehead atoms. The second kappa shape index (κ2) is 9.29. The molecular formula is C23H18N2O5. The van der Waals surface area contributed by atoms with E-state index in [1.165, 1.54) is 35.3 Å². The molecule has 7 nitrogen and oxygen atoms in total. The largest absolute Gasteiger partial charge is 0.419 e. The van der Waals surface area contributed by atoms with Crippen LogP contribution in [0.5, 0.6) is 5.75 Å². The number of nitro benzene ring substituents is 1. The molecule has 0 unspecified atom stereocenters. The van der Waals surface area contributed by atoms with E-state index in [9.17, 15) is 19.7 Å². The van der Waals surface area contributed by atoms with E-state index in [4.69, 9.17) is 4.74 Å². The van der Waals surface area contributed by atoms with E-state index in [0.29, 0.717) is 16.9 Å². The first kappa shape index (κ1) is 20.5. The molecular weight excluding hydrogens is 384 g/mol. The minimum atomic E-state index is -0.655. The Morgan fingerprint density at radius 3 is 2.00 bits per heavy atom. The Labute approximate surface area is 173 Å². The number of rotatable bonds is 6. The number of carbonyl (C=O) groups excluding carboxylic acids is 2. The fraction of sp³-hybridized carbons (Fsp3) is 0.0435. The fourth-order valence-corrected chi connectivity index (χ4v) is 2.82. The number of para-hydroxylation sites is 2. The Morgan fingerprint density at radius 1 is 0.933 bits per heavy atom. The Kier molecular flexibility index (Phi) is 6.34. The summed E-state index contributed by atoms with van der Waals surface area (Å²) in [4.78, 5) is 36.3. The van der Waals surface area contributed by atoms with Gasteiger partial charge in [0, 0.05) is 30.4 Å². The van der Waals surface area contributed by atoms with Gasteiger partial charge >= 0.3 is 11.7 Å². The molecule has 0 aliphatic heterocycles. The topological polar surface area (TPSA) is 89.8 Å². The number of amides is 1. The molecule has 0 aliphatic carbocycles. The highest BCUT2D eigenvalue weighted by atomic mass is 16.6. The van der Waals surface area contributed by atoms with E-state index in [0.717, 1.165) is 6.92 Å². The van der Waals surface area contributed by atoms with Gasteiger partial charge in [0.05, 0.1) is 4.92 Å². The maximum absolute atomic E-state index is 13.0. The number of hydrogen-bond donors (Lipinski definition) is 0. The first-order chi connectivity index (χ1) is 14.5. The number of benzene rings is 3. The molecule has 3 rings (SSSR count). The highest BCUT2D eigenvalue weighted by Gasteiger charge is 2.18. The van der Waals surface area contributed by atoms with Crippen LogP contribution in [0, 0.1) is 10.1 Å². The number of carbonyl (C=O) groups is 2. The second-order valence-electron chi connectivity index (χ2n) is 6.26. The molecule has 0 fully saturated rings. The number of anilines is 2. The summed E-state index contributed by atoms with van der Waals surface area (Å²) in [5.41, 5.74) is 1.44. The SMILES string of the molecule is CC(=O)Oc1ccc(/C=C/C(=O)N(c2ccccc2)c2ccccc2)cc1[N+](=O)[O-]. The standard InChI is InChI=1S/C23H18N2O5/c1-17(26)30-22-14-12-18(16-21(22)25(28)29)13-15-23(27)24(19-8-4-2-5-9-19)20-10-6-3-7-11-20/h2-16H,1H3/b15-13+. The molecule has 3 aromatic carbocycles. The third-order valence-electron chi connectivity index (χ3n) is 4.10. The molecule has 3 aromatic rings. The highest BCUT2D eigenvalue weighted by molar-refractivity contribution is 6.08. The number of nitrogens with zero attached hydrogens (tertiary/aromatic N) is 2. The van der Waals surface area contributed by atoms with Crippen LogP contribution in [0.2, 0.25) is 0 Å². The highest BCUT2D eigenvalue weighted by Crippen LogP contribution is 2.29. The van der Waals surface area contributed by atoms with Crippen molar-refractivity contribution in [1.82, 2.24) is 0 Å². The monoisotopic (exact) mass is 402 g/mol. The lowest BCUT2D eigenvalue weighted by atomic mass is 10.1. The lowest BCUT2D eigenvalue weighted by molar-refractivity contribution is -0.385. The number of esters is 1. The van der Waals surface area contributed by atoms with Crippen LogP contribution in [0.1, 0.15) is 12.5 Å². The van der Waals surface area contributed by atoms with Crippen LogP contribution < -0.4 is 9.64 Å². The van der Waals surface area contributed by atoms with Crippen molar-refractivity contribution in [3.05, 3.63) is 101 Å². The normalized spacial score (nSPS) is 10.6. The summed E-state index contributed by atoms with van der Waals surface area (Å²) >= 11 is 0. The first-order valence-corrected chi connectivity index (χ1v) is 9.05. The number of hydrogen-bond acceptors (Lipinski definition) is 5. The molecule has 0 N–H and O–H groups in total. The number of ether oxygens (including phenoxy) is 1. The van der Waals surface area contributed by atoms with Crippen LogP contribution in [0.3, 0.4) is 0 Å². The van der Waals surface area contributed by atoms with Crippen molar-refractivity contribution in [3.8, 4) is 5.75 Å². The van der Waals surface area contributed by atoms with Gasteiger partial charge in [-0.15, -0.1) is 0 Å². The zero-order valence-corrected chi connectivity index (χ0v) is 16.1. The second-order valence-corrected chi connectivity index (χ2v) is 6.26. The average molecular weight is 402 g/mol. The predicted molar refractivity (Wildman–Crippen MR) is 113 cm³/mol. The van der Waals surface area contributed by atoms with Crippen LogP contribution in [0.15, 0.2) is 84.9 Å². The quantitative estimate of drug-likeness (QED) is 0.192. The molecule has 150 valence electrons. The zero-order valence-electron chi connectivity index (χ0n) is 16.1. The van der Waals surface area contributed by atoms with Crippen LogP contribution in [0.25, 0.3) is 6.08 Å². The van der Waals surface area contributed by atoms with Crippen molar-refractivity contribution in [2.45, 2.75) is 6.92 Å². The van der Waals surface area contributed by atoms with E-state index in [-0.39, 0.29) is 17.3 Å². The van der Waals surface area contributed by atoms with Gasteiger partial charge in [-0.1, -0.05) is 42.5 Å². The predicted octanol–water partition coefficient (Wildman–Crippen LogP) is 4.90. The van der Waals surface area contributed by atoms with E-state index >= 15 is 0 Å². The Hall–Kier alpha value is -4.26. The van der Waals surface area contributed by atoms with Gasteiger partial charge in [0.2, 0.25) is 5.75 Å². The molecule has 7 heteroatoms. The Balaban J connectivity index is 1.91. The zero-order chi connectivity index (χ0) is 21.5. The van der Waals surface area contributed by atoms with Crippen molar-refractivity contribution in [2.24, 2.45) is 0 Å². The summed E-state index contributed by atoms with van der Waals surface area (Å²) in [5.74, 6) is -1.12. The van der Waals surface area contributed by atoms with Crippen LogP contribution in [0.4, 0.5) is 17.1 Å². The van der Waals surface area contributed by atoms with E-state index in [1.54, 1.807) is 0 Å². The van der Waals surface area contributed by atoms with Gasteiger partial charge < -0.3 is 4.74 Å². The molecule has 30 heavy (non-hydrogen) atoms. The molecule has 0 atom stereocenters. The summed E-state index contributed by atoms with van der Waals surface area (Å²) < 4.78 is 4.86. The maximum atomic E-state index is 13.0. The fourth-order valence-electron chi connectivity index (χ4n) is 2.82. The van der Waals surface area contributed by atoms with Crippen molar-refractivity contribution >= 4 is 35.0 Å². The van der Waals surface area contributed by atoms with Crippen molar-refractivity contribution in [3.63, 3.8) is 0 Å². The molecule has 0 saturated carbocycles. The molecule has 0 aliphatic rings. The lowest BCUT2D eigenvalue weighted by Crippen LogP contribution is -2.23. The van der Waals surface area contributed by atoms with Gasteiger partial charge in [0.15, 0.2) is 0 Å². The van der Waals surface area contributed by atoms with Crippen molar-refractivity contribution < 1.29 is 19.2 Å². The smallest absolute Gasteiger partial charge is 0.312 e. The molecule has 0 spiro atoms. The summed E-state index contributed by atoms with van der Waals surface area (Å²) in [6.07, 6.45) is 2.82. The third kappa shape index (κ3) is 4.96. The maximum Gasteiger partial charge on any atom is 0.312 e. The Bertz CT molecular complexity index is 1060. The van der Waals surface area contributed by atoms with Crippen molar-refractivity contribution in [2.75, 3.05) is 4.90 Å². The van der Waals surface area contributed by atoms with Gasteiger partial charge in [-0.25, -0.2) is 0 Å². The van der Waals surface area contributed by atoms with Gasteiger partial charge in [-0.2, -0.15) is 0 Å². The minimum Gasteiger partial charge on any atom is -0.419 e. The van der Waals surface area contributed by atoms with Gasteiger partial charge in [-0.3, -0.25) is 24.6 Å². The lowest BCUT2D eigenvalue weighted by Gasteiger charge is -2.21. The summed E-state index contributed by atoms with van der Waals surface area (Å²) in [6.45, 7) is 1.16. The summed E-state index contributed by atoms with van der Waals surface area (Å²) in [6, 6.07) is 22.4. The van der Waals surface area contributed by atoms with Crippen LogP contribution in [-0.2, 0) is 9.59 Å². The Morgan fingerprint density at radius 2 is 1.50 bits per heavy atom. The summed E-state index contributed by atoms with van der Waals surface area (Å²) in [5, 5.41) is 11.3. The molecule has 0 aromatic heterocycles. The van der Waals surface area contributed by atoms with Gasteiger partial charge in [0.1, 0.15) is 0 Å². The van der Waals surface area contributed by atoms with E-state index in [1.807, 2.05) is 60.7 Å². The van der Waals surface area contributed by atoms with E-state index in [2.05, 4.69) is 0 Å². The van der Waals surface area contributed by atoms with Crippen molar-refractivity contribution in [1.29, 1.82) is 0 Å². The van der Waals surface area contributed by atoms with Crippen LogP contribution in [-0.4, -0.2) is 16.8 Å². The summed E-state index contributed by atoms with van der Waals surface area (Å²) in [7, 11) is 0.